The average molecular weight is 192 g/mol. The molecule has 0 amide bonds. The molecule has 0 N–H and O–H groups in total. The molecule has 0 fully saturated rings. The fraction of sp³-hybridized carbons (Fsp3) is 0.455. The molecule has 0 unspecified atom stereocenters. The molecule has 3 heteroatoms. The number of hydrogen-bond acceptors (Lipinski definition) is 3. The Bertz CT molecular complexity index is 319. The van der Waals surface area contributed by atoms with Gasteiger partial charge in [0.05, 0.1) is 0 Å². The van der Waals surface area contributed by atoms with Gasteiger partial charge in [-0.1, -0.05) is 0 Å². The summed E-state index contributed by atoms with van der Waals surface area (Å²) >= 11 is 0. The van der Waals surface area contributed by atoms with Crippen LogP contribution in [0.5, 0.6) is 0 Å². The van der Waals surface area contributed by atoms with Crippen LogP contribution in [0.3, 0.4) is 0 Å². The van der Waals surface area contributed by atoms with Crippen molar-refractivity contribution in [3.05, 3.63) is 28.7 Å². The van der Waals surface area contributed by atoms with E-state index in [9.17, 15) is 4.91 Å². The van der Waals surface area contributed by atoms with Crippen molar-refractivity contribution in [1.82, 2.24) is 0 Å². The van der Waals surface area contributed by atoms with Crippen molar-refractivity contribution < 1.29 is 0 Å². The van der Waals surface area contributed by atoms with E-state index in [1.807, 2.05) is 19.1 Å². The van der Waals surface area contributed by atoms with Gasteiger partial charge in [0, 0.05) is 18.8 Å². The molecule has 1 aromatic rings. The number of anilines is 1. The van der Waals surface area contributed by atoms with Crippen LogP contribution >= 0.6 is 0 Å². The Kier molecular flexibility index (Phi) is 3.63. The van der Waals surface area contributed by atoms with Gasteiger partial charge >= 0.3 is 0 Å². The van der Waals surface area contributed by atoms with Crippen molar-refractivity contribution in [3.8, 4) is 0 Å². The zero-order chi connectivity index (χ0) is 10.6. The lowest BCUT2D eigenvalue weighted by Gasteiger charge is -2.22. The highest BCUT2D eigenvalue weighted by atomic mass is 16.3. The van der Waals surface area contributed by atoms with E-state index in [2.05, 4.69) is 23.9 Å². The zero-order valence-corrected chi connectivity index (χ0v) is 8.95. The van der Waals surface area contributed by atoms with Crippen LogP contribution in [-0.2, 0) is 0 Å². The monoisotopic (exact) mass is 192 g/mol. The lowest BCUT2D eigenvalue weighted by Crippen LogP contribution is -2.22. The van der Waals surface area contributed by atoms with Crippen LogP contribution in [0.1, 0.15) is 19.4 Å². The molecule has 1 rings (SSSR count). The van der Waals surface area contributed by atoms with Gasteiger partial charge in [-0.05, 0) is 49.7 Å². The third kappa shape index (κ3) is 2.10. The maximum absolute atomic E-state index is 10.3. The standard InChI is InChI=1S/C11H16N2O/c1-4-13(5-2)11-7-6-10(12-14)8-9(11)3/h6-8H,4-5H2,1-3H3. The molecule has 0 aliphatic heterocycles. The zero-order valence-electron chi connectivity index (χ0n) is 8.95. The molecule has 0 aromatic heterocycles. The molecular formula is C11H16N2O. The van der Waals surface area contributed by atoms with E-state index in [0.717, 1.165) is 18.7 Å². The first kappa shape index (κ1) is 10.7. The van der Waals surface area contributed by atoms with Crippen LogP contribution < -0.4 is 4.90 Å². The van der Waals surface area contributed by atoms with E-state index >= 15 is 0 Å². The predicted octanol–water partition coefficient (Wildman–Crippen LogP) is 3.24. The molecule has 0 radical (unpaired) electrons. The van der Waals surface area contributed by atoms with Gasteiger partial charge in [-0.15, -0.1) is 4.91 Å². The first-order valence-electron chi connectivity index (χ1n) is 4.91. The summed E-state index contributed by atoms with van der Waals surface area (Å²) in [6.07, 6.45) is 0. The second kappa shape index (κ2) is 4.74. The molecule has 14 heavy (non-hydrogen) atoms. The van der Waals surface area contributed by atoms with E-state index in [1.54, 1.807) is 6.07 Å². The van der Waals surface area contributed by atoms with Crippen molar-refractivity contribution in [2.45, 2.75) is 20.8 Å². The molecule has 0 saturated heterocycles. The van der Waals surface area contributed by atoms with Crippen LogP contribution in [-0.4, -0.2) is 13.1 Å². The van der Waals surface area contributed by atoms with Gasteiger partial charge in [0.25, 0.3) is 0 Å². The third-order valence-corrected chi connectivity index (χ3v) is 2.39. The lowest BCUT2D eigenvalue weighted by atomic mass is 10.1. The Balaban J connectivity index is 3.03. The molecule has 0 spiro atoms. The minimum absolute atomic E-state index is 0.499. The molecule has 1 aromatic carbocycles. The van der Waals surface area contributed by atoms with E-state index < -0.39 is 0 Å². The first-order valence-corrected chi connectivity index (χ1v) is 4.91. The van der Waals surface area contributed by atoms with E-state index in [4.69, 9.17) is 0 Å². The molecule has 0 atom stereocenters. The van der Waals surface area contributed by atoms with Crippen molar-refractivity contribution in [1.29, 1.82) is 0 Å². The minimum atomic E-state index is 0.499. The second-order valence-corrected chi connectivity index (χ2v) is 3.23. The SMILES string of the molecule is CCN(CC)c1ccc(N=O)cc1C. The van der Waals surface area contributed by atoms with Crippen molar-refractivity contribution in [2.24, 2.45) is 5.18 Å². The maximum atomic E-state index is 10.3. The number of benzene rings is 1. The van der Waals surface area contributed by atoms with Gasteiger partial charge in [-0.2, -0.15) is 0 Å². The van der Waals surface area contributed by atoms with Crippen LogP contribution in [0.4, 0.5) is 11.4 Å². The summed E-state index contributed by atoms with van der Waals surface area (Å²) in [5, 5.41) is 2.91. The first-order chi connectivity index (χ1) is 6.72. The smallest absolute Gasteiger partial charge is 0.108 e. The Labute approximate surface area is 84.7 Å². The number of aryl methyl sites for hydroxylation is 1. The highest BCUT2D eigenvalue weighted by Gasteiger charge is 2.05. The van der Waals surface area contributed by atoms with E-state index in [-0.39, 0.29) is 0 Å². The molecule has 3 nitrogen and oxygen atoms in total. The van der Waals surface area contributed by atoms with E-state index in [1.165, 1.54) is 5.69 Å². The van der Waals surface area contributed by atoms with Gasteiger partial charge in [0.15, 0.2) is 0 Å². The number of hydrogen-bond donors (Lipinski definition) is 0. The Morgan fingerprint density at radius 2 is 1.93 bits per heavy atom. The quantitative estimate of drug-likeness (QED) is 0.686. The number of rotatable bonds is 4. The summed E-state index contributed by atoms with van der Waals surface area (Å²) in [6.45, 7) is 8.20. The summed E-state index contributed by atoms with van der Waals surface area (Å²) in [4.78, 5) is 12.6. The van der Waals surface area contributed by atoms with Crippen LogP contribution in [0.15, 0.2) is 23.4 Å². The van der Waals surface area contributed by atoms with Crippen molar-refractivity contribution >= 4 is 11.4 Å². The van der Waals surface area contributed by atoms with Crippen LogP contribution in [0.2, 0.25) is 0 Å². The molecule has 76 valence electrons. The fourth-order valence-corrected chi connectivity index (χ4v) is 1.62. The van der Waals surface area contributed by atoms with E-state index in [0.29, 0.717) is 5.69 Å². The fourth-order valence-electron chi connectivity index (χ4n) is 1.62. The summed E-state index contributed by atoms with van der Waals surface area (Å²) in [5.74, 6) is 0. The minimum Gasteiger partial charge on any atom is -0.372 e. The van der Waals surface area contributed by atoms with Crippen molar-refractivity contribution in [2.75, 3.05) is 18.0 Å². The highest BCUT2D eigenvalue weighted by molar-refractivity contribution is 5.58. The summed E-state index contributed by atoms with van der Waals surface area (Å²) in [7, 11) is 0. The Morgan fingerprint density at radius 1 is 1.29 bits per heavy atom. The molecule has 0 saturated carbocycles. The Morgan fingerprint density at radius 3 is 2.36 bits per heavy atom. The normalized spacial score (nSPS) is 9.93. The van der Waals surface area contributed by atoms with Crippen molar-refractivity contribution in [3.63, 3.8) is 0 Å². The second-order valence-electron chi connectivity index (χ2n) is 3.23. The van der Waals surface area contributed by atoms with Gasteiger partial charge in [0.1, 0.15) is 5.69 Å². The topological polar surface area (TPSA) is 32.7 Å². The lowest BCUT2D eigenvalue weighted by molar-refractivity contribution is 0.862. The van der Waals surface area contributed by atoms with Crippen LogP contribution in [0, 0.1) is 11.8 Å². The summed E-state index contributed by atoms with van der Waals surface area (Å²) in [5.41, 5.74) is 2.78. The third-order valence-electron chi connectivity index (χ3n) is 2.39. The average Bonchev–Trinajstić information content (AvgIpc) is 2.22. The molecule has 0 aliphatic carbocycles. The Hall–Kier alpha value is -1.38. The number of nitrogens with zero attached hydrogens (tertiary/aromatic N) is 2. The summed E-state index contributed by atoms with van der Waals surface area (Å²) < 4.78 is 0. The highest BCUT2D eigenvalue weighted by Crippen LogP contribution is 2.24. The van der Waals surface area contributed by atoms with Gasteiger partial charge < -0.3 is 4.90 Å². The molecule has 0 bridgehead atoms. The number of nitroso groups, excluding NO2 is 1. The summed E-state index contributed by atoms with van der Waals surface area (Å²) in [6, 6.07) is 5.54. The maximum Gasteiger partial charge on any atom is 0.108 e. The predicted molar refractivity (Wildman–Crippen MR) is 60.2 cm³/mol. The van der Waals surface area contributed by atoms with Crippen LogP contribution in [0.25, 0.3) is 0 Å². The molecule has 0 aliphatic rings. The van der Waals surface area contributed by atoms with Gasteiger partial charge in [0.2, 0.25) is 0 Å². The van der Waals surface area contributed by atoms with Gasteiger partial charge in [-0.25, -0.2) is 0 Å². The molecule has 0 heterocycles. The molecular weight excluding hydrogens is 176 g/mol. The largest absolute Gasteiger partial charge is 0.372 e. The van der Waals surface area contributed by atoms with Gasteiger partial charge in [-0.3, -0.25) is 0 Å².